The van der Waals surface area contributed by atoms with Gasteiger partial charge in [-0.3, -0.25) is 0 Å². The molecule has 29 heavy (non-hydrogen) atoms. The molecule has 0 atom stereocenters. The van der Waals surface area contributed by atoms with E-state index in [9.17, 15) is 0 Å². The first-order chi connectivity index (χ1) is 14.0. The third-order valence-corrected chi connectivity index (χ3v) is 5.57. The zero-order valence-electron chi connectivity index (χ0n) is 17.6. The molecule has 0 saturated heterocycles. The van der Waals surface area contributed by atoms with Crippen molar-refractivity contribution in [1.82, 2.24) is 14.9 Å². The van der Waals surface area contributed by atoms with Crippen LogP contribution in [0, 0.1) is 13.8 Å². The van der Waals surface area contributed by atoms with Crippen LogP contribution in [0.15, 0.2) is 36.4 Å². The molecule has 0 unspecified atom stereocenters. The lowest BCUT2D eigenvalue weighted by Crippen LogP contribution is -2.25. The van der Waals surface area contributed by atoms with Crippen LogP contribution in [-0.2, 0) is 6.54 Å². The van der Waals surface area contributed by atoms with Gasteiger partial charge >= 0.3 is 0 Å². The molecule has 5 heteroatoms. The SMILES string of the molecule is COc1cc(C)cc(C)c1-c1ccc2c(CN)cc(C3=CCCN(C)C3)nc2n1. The number of aryl methyl sites for hydroxylation is 2. The van der Waals surface area contributed by atoms with Crippen LogP contribution in [0.1, 0.15) is 28.8 Å². The van der Waals surface area contributed by atoms with Crippen molar-refractivity contribution in [3.63, 3.8) is 0 Å². The zero-order chi connectivity index (χ0) is 20.5. The number of likely N-dealkylation sites (N-methyl/N-ethyl adjacent to an activating group) is 1. The molecule has 2 N–H and O–H groups in total. The summed E-state index contributed by atoms with van der Waals surface area (Å²) in [5, 5.41) is 1.01. The molecule has 150 valence electrons. The van der Waals surface area contributed by atoms with Crippen LogP contribution in [0.3, 0.4) is 0 Å². The molecular formula is C24H28N4O. The Morgan fingerprint density at radius 3 is 2.62 bits per heavy atom. The molecule has 0 saturated carbocycles. The minimum atomic E-state index is 0.461. The summed E-state index contributed by atoms with van der Waals surface area (Å²) < 4.78 is 5.65. The highest BCUT2D eigenvalue weighted by Gasteiger charge is 2.17. The monoisotopic (exact) mass is 388 g/mol. The molecular weight excluding hydrogens is 360 g/mol. The quantitative estimate of drug-likeness (QED) is 0.729. The van der Waals surface area contributed by atoms with E-state index in [4.69, 9.17) is 20.4 Å². The molecule has 1 aliphatic rings. The summed E-state index contributed by atoms with van der Waals surface area (Å²) in [6.07, 6.45) is 3.32. The van der Waals surface area contributed by atoms with Crippen LogP contribution in [0.25, 0.3) is 27.9 Å². The van der Waals surface area contributed by atoms with Crippen LogP contribution in [0.4, 0.5) is 0 Å². The summed E-state index contributed by atoms with van der Waals surface area (Å²) in [5.41, 5.74) is 14.3. The molecule has 4 rings (SSSR count). The maximum atomic E-state index is 6.07. The number of fused-ring (bicyclic) bond motifs is 1. The summed E-state index contributed by atoms with van der Waals surface area (Å²) >= 11 is 0. The molecule has 0 radical (unpaired) electrons. The number of nitrogens with zero attached hydrogens (tertiary/aromatic N) is 3. The topological polar surface area (TPSA) is 64.3 Å². The van der Waals surface area contributed by atoms with E-state index in [1.807, 2.05) is 12.1 Å². The van der Waals surface area contributed by atoms with Gasteiger partial charge in [0.15, 0.2) is 5.65 Å². The van der Waals surface area contributed by atoms with Crippen LogP contribution >= 0.6 is 0 Å². The summed E-state index contributed by atoms with van der Waals surface area (Å²) in [6, 6.07) is 10.4. The molecule has 5 nitrogen and oxygen atoms in total. The molecule has 0 aliphatic carbocycles. The Morgan fingerprint density at radius 1 is 1.10 bits per heavy atom. The summed E-state index contributed by atoms with van der Waals surface area (Å²) in [5.74, 6) is 0.834. The number of hydrogen-bond donors (Lipinski definition) is 1. The molecule has 0 bridgehead atoms. The highest BCUT2D eigenvalue weighted by atomic mass is 16.5. The lowest BCUT2D eigenvalue weighted by Gasteiger charge is -2.23. The maximum Gasteiger partial charge on any atom is 0.160 e. The van der Waals surface area contributed by atoms with E-state index in [2.05, 4.69) is 50.1 Å². The van der Waals surface area contributed by atoms with Crippen molar-refractivity contribution in [2.24, 2.45) is 5.73 Å². The molecule has 3 heterocycles. The Kier molecular flexibility index (Phi) is 5.35. The van der Waals surface area contributed by atoms with E-state index in [1.165, 1.54) is 11.1 Å². The molecule has 2 aromatic heterocycles. The first-order valence-corrected chi connectivity index (χ1v) is 10.0. The number of ether oxygens (including phenoxy) is 1. The van der Waals surface area contributed by atoms with Gasteiger partial charge in [-0.05, 0) is 73.8 Å². The van der Waals surface area contributed by atoms with Crippen molar-refractivity contribution >= 4 is 16.6 Å². The zero-order valence-corrected chi connectivity index (χ0v) is 17.6. The molecule has 0 amide bonds. The second kappa shape index (κ2) is 7.93. The fourth-order valence-electron chi connectivity index (χ4n) is 4.14. The summed E-state index contributed by atoms with van der Waals surface area (Å²) in [7, 11) is 3.84. The van der Waals surface area contributed by atoms with E-state index in [0.29, 0.717) is 6.54 Å². The number of methoxy groups -OCH3 is 1. The minimum absolute atomic E-state index is 0.461. The lowest BCUT2D eigenvalue weighted by molar-refractivity contribution is 0.372. The Morgan fingerprint density at radius 2 is 1.90 bits per heavy atom. The Bertz CT molecular complexity index is 1100. The average molecular weight is 389 g/mol. The first-order valence-electron chi connectivity index (χ1n) is 10.0. The van der Waals surface area contributed by atoms with E-state index in [-0.39, 0.29) is 0 Å². The van der Waals surface area contributed by atoms with Crippen molar-refractivity contribution < 1.29 is 4.74 Å². The maximum absolute atomic E-state index is 6.07. The van der Waals surface area contributed by atoms with Gasteiger partial charge in [0.2, 0.25) is 0 Å². The molecule has 1 aromatic carbocycles. The van der Waals surface area contributed by atoms with Crippen molar-refractivity contribution in [2.45, 2.75) is 26.8 Å². The second-order valence-electron chi connectivity index (χ2n) is 7.85. The van der Waals surface area contributed by atoms with Gasteiger partial charge in [-0.2, -0.15) is 0 Å². The van der Waals surface area contributed by atoms with Gasteiger partial charge in [-0.25, -0.2) is 9.97 Å². The Labute approximate surface area is 172 Å². The van der Waals surface area contributed by atoms with Crippen molar-refractivity contribution in [2.75, 3.05) is 27.2 Å². The third kappa shape index (κ3) is 3.76. The van der Waals surface area contributed by atoms with Crippen LogP contribution in [-0.4, -0.2) is 42.1 Å². The average Bonchev–Trinajstić information content (AvgIpc) is 2.71. The van der Waals surface area contributed by atoms with Crippen molar-refractivity contribution in [3.8, 4) is 17.0 Å². The lowest BCUT2D eigenvalue weighted by atomic mass is 9.99. The predicted molar refractivity (Wildman–Crippen MR) is 119 cm³/mol. The predicted octanol–water partition coefficient (Wildman–Crippen LogP) is 4.10. The van der Waals surface area contributed by atoms with Crippen molar-refractivity contribution in [3.05, 3.63) is 58.8 Å². The van der Waals surface area contributed by atoms with Crippen LogP contribution in [0.5, 0.6) is 5.75 Å². The highest BCUT2D eigenvalue weighted by Crippen LogP contribution is 2.34. The van der Waals surface area contributed by atoms with E-state index in [0.717, 1.165) is 64.4 Å². The first kappa shape index (κ1) is 19.6. The molecule has 1 aliphatic heterocycles. The summed E-state index contributed by atoms with van der Waals surface area (Å²) in [4.78, 5) is 12.2. The van der Waals surface area contributed by atoms with Crippen molar-refractivity contribution in [1.29, 1.82) is 0 Å². The number of hydrogen-bond acceptors (Lipinski definition) is 5. The third-order valence-electron chi connectivity index (χ3n) is 5.57. The van der Waals surface area contributed by atoms with Gasteiger partial charge in [0, 0.05) is 30.6 Å². The van der Waals surface area contributed by atoms with E-state index < -0.39 is 0 Å². The largest absolute Gasteiger partial charge is 0.496 e. The number of nitrogens with two attached hydrogens (primary N) is 1. The summed E-state index contributed by atoms with van der Waals surface area (Å²) in [6.45, 7) is 6.60. The molecule has 0 spiro atoms. The Balaban J connectivity index is 1.89. The molecule has 3 aromatic rings. The minimum Gasteiger partial charge on any atom is -0.496 e. The van der Waals surface area contributed by atoms with Gasteiger partial charge in [-0.1, -0.05) is 12.1 Å². The number of aromatic nitrogens is 2. The number of benzene rings is 1. The van der Waals surface area contributed by atoms with E-state index >= 15 is 0 Å². The van der Waals surface area contributed by atoms with E-state index in [1.54, 1.807) is 7.11 Å². The van der Waals surface area contributed by atoms with Crippen LogP contribution < -0.4 is 10.5 Å². The van der Waals surface area contributed by atoms with Gasteiger partial charge in [0.05, 0.1) is 18.5 Å². The normalized spacial score (nSPS) is 14.9. The van der Waals surface area contributed by atoms with Gasteiger partial charge in [0.25, 0.3) is 0 Å². The van der Waals surface area contributed by atoms with Gasteiger partial charge in [-0.15, -0.1) is 0 Å². The number of pyridine rings is 2. The van der Waals surface area contributed by atoms with Gasteiger partial charge < -0.3 is 15.4 Å². The van der Waals surface area contributed by atoms with Crippen LogP contribution in [0.2, 0.25) is 0 Å². The molecule has 0 fully saturated rings. The second-order valence-corrected chi connectivity index (χ2v) is 7.85. The number of rotatable bonds is 4. The Hall–Kier alpha value is -2.76. The fraction of sp³-hybridized carbons (Fsp3) is 0.333. The standard InChI is InChI=1S/C24H28N4O/c1-15-10-16(2)23(22(11-15)29-4)20-8-7-19-18(13-25)12-21(27-24(19)26-20)17-6-5-9-28(3)14-17/h6-8,10-12H,5,9,13-14,25H2,1-4H3. The van der Waals surface area contributed by atoms with Gasteiger partial charge in [0.1, 0.15) is 5.75 Å². The highest BCUT2D eigenvalue weighted by molar-refractivity contribution is 5.85. The fourth-order valence-corrected chi connectivity index (χ4v) is 4.14. The smallest absolute Gasteiger partial charge is 0.160 e.